The van der Waals surface area contributed by atoms with Gasteiger partial charge in [-0.1, -0.05) is 18.9 Å². The van der Waals surface area contributed by atoms with Gasteiger partial charge in [0.25, 0.3) is 0 Å². The minimum atomic E-state index is 0.229. The predicted octanol–water partition coefficient (Wildman–Crippen LogP) is 0.558. The van der Waals surface area contributed by atoms with Gasteiger partial charge in [-0.25, -0.2) is 4.31 Å². The molecular formula is C8H20N2OS. The van der Waals surface area contributed by atoms with Crippen LogP contribution in [0.4, 0.5) is 0 Å². The average Bonchev–Trinajstić information content (AvgIpc) is 2.10. The highest BCUT2D eigenvalue weighted by Gasteiger charge is 1.99. The van der Waals surface area contributed by atoms with Crippen molar-refractivity contribution < 1.29 is 5.11 Å². The van der Waals surface area contributed by atoms with Crippen LogP contribution in [0, 0.1) is 0 Å². The zero-order chi connectivity index (χ0) is 9.23. The number of hydrogen-bond acceptors (Lipinski definition) is 4. The van der Waals surface area contributed by atoms with Gasteiger partial charge in [-0.3, -0.25) is 0 Å². The fourth-order valence-electron chi connectivity index (χ4n) is 0.952. The van der Waals surface area contributed by atoms with E-state index in [1.54, 1.807) is 11.9 Å². The summed E-state index contributed by atoms with van der Waals surface area (Å²) in [6.07, 6.45) is 3.29. The minimum Gasteiger partial charge on any atom is -0.395 e. The number of aliphatic hydroxyl groups excluding tert-OH is 1. The Kier molecular flexibility index (Phi) is 9.50. The Labute approximate surface area is 79.7 Å². The van der Waals surface area contributed by atoms with E-state index in [0.717, 1.165) is 19.6 Å². The molecule has 74 valence electrons. The summed E-state index contributed by atoms with van der Waals surface area (Å²) in [4.78, 5) is 0. The molecule has 0 amide bonds. The van der Waals surface area contributed by atoms with Crippen molar-refractivity contribution in [2.24, 2.45) is 0 Å². The molecule has 0 aliphatic rings. The maximum Gasteiger partial charge on any atom is 0.0555 e. The van der Waals surface area contributed by atoms with E-state index >= 15 is 0 Å². The van der Waals surface area contributed by atoms with Crippen LogP contribution in [0.2, 0.25) is 0 Å². The van der Waals surface area contributed by atoms with Gasteiger partial charge in [-0.2, -0.15) is 0 Å². The number of rotatable bonds is 8. The fourth-order valence-corrected chi connectivity index (χ4v) is 1.59. The normalized spacial score (nSPS) is 11.0. The average molecular weight is 192 g/mol. The molecule has 0 bridgehead atoms. The van der Waals surface area contributed by atoms with E-state index in [1.165, 1.54) is 6.42 Å². The second-order valence-corrected chi connectivity index (χ2v) is 3.47. The van der Waals surface area contributed by atoms with Crippen LogP contribution in [0.1, 0.15) is 13.3 Å². The van der Waals surface area contributed by atoms with Crippen molar-refractivity contribution in [1.29, 1.82) is 0 Å². The lowest BCUT2D eigenvalue weighted by Gasteiger charge is -2.17. The third-order valence-electron chi connectivity index (χ3n) is 1.56. The quantitative estimate of drug-likeness (QED) is 0.435. The molecule has 0 radical (unpaired) electrons. The summed E-state index contributed by atoms with van der Waals surface area (Å²) in [5, 5.41) is 11.7. The summed E-state index contributed by atoms with van der Waals surface area (Å²) < 4.78 is 2.32. The minimum absolute atomic E-state index is 0.229. The molecule has 0 spiro atoms. The van der Waals surface area contributed by atoms with Crippen LogP contribution < -0.4 is 5.32 Å². The van der Waals surface area contributed by atoms with E-state index in [0.29, 0.717) is 6.54 Å². The molecule has 3 nitrogen and oxygen atoms in total. The van der Waals surface area contributed by atoms with Crippen LogP contribution in [-0.4, -0.2) is 48.5 Å². The summed E-state index contributed by atoms with van der Waals surface area (Å²) >= 11 is 1.78. The molecule has 0 saturated heterocycles. The van der Waals surface area contributed by atoms with Crippen LogP contribution in [-0.2, 0) is 0 Å². The Morgan fingerprint density at radius 2 is 2.08 bits per heavy atom. The first-order chi connectivity index (χ1) is 5.85. The lowest BCUT2D eigenvalue weighted by Crippen LogP contribution is -2.29. The van der Waals surface area contributed by atoms with Gasteiger partial charge in [0, 0.05) is 26.2 Å². The molecule has 0 aliphatic heterocycles. The van der Waals surface area contributed by atoms with Crippen LogP contribution >= 0.6 is 11.9 Å². The first-order valence-electron chi connectivity index (χ1n) is 4.45. The van der Waals surface area contributed by atoms with E-state index in [9.17, 15) is 0 Å². The van der Waals surface area contributed by atoms with E-state index in [-0.39, 0.29) is 6.61 Å². The highest BCUT2D eigenvalue weighted by Crippen LogP contribution is 2.03. The zero-order valence-corrected chi connectivity index (χ0v) is 8.86. The Hall–Kier alpha value is 0.230. The molecule has 0 atom stereocenters. The van der Waals surface area contributed by atoms with E-state index in [2.05, 4.69) is 22.8 Å². The molecule has 0 heterocycles. The fraction of sp³-hybridized carbons (Fsp3) is 1.00. The molecule has 0 saturated carbocycles. The molecule has 0 aromatic heterocycles. The lowest BCUT2D eigenvalue weighted by molar-refractivity contribution is 0.290. The van der Waals surface area contributed by atoms with Gasteiger partial charge in [-0.15, -0.1) is 0 Å². The highest BCUT2D eigenvalue weighted by atomic mass is 32.2. The Bertz CT molecular complexity index is 93.1. The van der Waals surface area contributed by atoms with Crippen molar-refractivity contribution in [3.63, 3.8) is 0 Å². The van der Waals surface area contributed by atoms with Crippen molar-refractivity contribution >= 4 is 11.9 Å². The van der Waals surface area contributed by atoms with Crippen molar-refractivity contribution in [2.75, 3.05) is 39.0 Å². The largest absolute Gasteiger partial charge is 0.395 e. The zero-order valence-electron chi connectivity index (χ0n) is 8.05. The SMILES string of the molecule is CCCN(CCNCCO)SC. The van der Waals surface area contributed by atoms with Gasteiger partial charge in [0.15, 0.2) is 0 Å². The molecule has 12 heavy (non-hydrogen) atoms. The standard InChI is InChI=1S/C8H20N2OS/c1-3-6-10(12-2)7-4-9-5-8-11/h9,11H,3-8H2,1-2H3. The summed E-state index contributed by atoms with van der Waals surface area (Å²) in [5.41, 5.74) is 0. The molecule has 0 aromatic carbocycles. The predicted molar refractivity (Wildman–Crippen MR) is 55.3 cm³/mol. The second kappa shape index (κ2) is 9.32. The van der Waals surface area contributed by atoms with Gasteiger partial charge in [0.05, 0.1) is 6.61 Å². The van der Waals surface area contributed by atoms with Gasteiger partial charge < -0.3 is 10.4 Å². The van der Waals surface area contributed by atoms with Crippen molar-refractivity contribution in [2.45, 2.75) is 13.3 Å². The third-order valence-corrected chi connectivity index (χ3v) is 2.44. The molecule has 0 fully saturated rings. The van der Waals surface area contributed by atoms with Crippen LogP contribution in [0.3, 0.4) is 0 Å². The summed E-state index contributed by atoms with van der Waals surface area (Å²) in [5.74, 6) is 0. The van der Waals surface area contributed by atoms with E-state index < -0.39 is 0 Å². The molecule has 4 heteroatoms. The smallest absolute Gasteiger partial charge is 0.0555 e. The van der Waals surface area contributed by atoms with E-state index in [1.807, 2.05) is 0 Å². The van der Waals surface area contributed by atoms with Crippen LogP contribution in [0.5, 0.6) is 0 Å². The maximum absolute atomic E-state index is 8.51. The van der Waals surface area contributed by atoms with Crippen LogP contribution in [0.15, 0.2) is 0 Å². The molecular weight excluding hydrogens is 172 g/mol. The van der Waals surface area contributed by atoms with E-state index in [4.69, 9.17) is 5.11 Å². The highest BCUT2D eigenvalue weighted by molar-refractivity contribution is 7.96. The van der Waals surface area contributed by atoms with Crippen molar-refractivity contribution in [1.82, 2.24) is 9.62 Å². The molecule has 0 aliphatic carbocycles. The molecule has 2 N–H and O–H groups in total. The van der Waals surface area contributed by atoms with Gasteiger partial charge in [0.1, 0.15) is 0 Å². The van der Waals surface area contributed by atoms with Crippen molar-refractivity contribution in [3.8, 4) is 0 Å². The summed E-state index contributed by atoms with van der Waals surface area (Å²) in [6, 6.07) is 0. The number of aliphatic hydroxyl groups is 1. The Balaban J connectivity index is 3.19. The number of hydrogen-bond donors (Lipinski definition) is 2. The number of nitrogens with one attached hydrogen (secondary N) is 1. The second-order valence-electron chi connectivity index (χ2n) is 2.59. The number of nitrogens with zero attached hydrogens (tertiary/aromatic N) is 1. The van der Waals surface area contributed by atoms with Gasteiger partial charge in [0.2, 0.25) is 0 Å². The van der Waals surface area contributed by atoms with Crippen LogP contribution in [0.25, 0.3) is 0 Å². The monoisotopic (exact) mass is 192 g/mol. The Morgan fingerprint density at radius 3 is 2.58 bits per heavy atom. The third kappa shape index (κ3) is 6.91. The molecule has 0 rings (SSSR count). The van der Waals surface area contributed by atoms with Gasteiger partial charge >= 0.3 is 0 Å². The van der Waals surface area contributed by atoms with Gasteiger partial charge in [-0.05, 0) is 12.7 Å². The first kappa shape index (κ1) is 12.2. The Morgan fingerprint density at radius 1 is 1.33 bits per heavy atom. The summed E-state index contributed by atoms with van der Waals surface area (Å²) in [6.45, 7) is 6.27. The maximum atomic E-state index is 8.51. The van der Waals surface area contributed by atoms with Crippen molar-refractivity contribution in [3.05, 3.63) is 0 Å². The first-order valence-corrected chi connectivity index (χ1v) is 5.64. The molecule has 0 aromatic rings. The summed E-state index contributed by atoms with van der Waals surface area (Å²) in [7, 11) is 0. The lowest BCUT2D eigenvalue weighted by atomic mass is 10.4. The topological polar surface area (TPSA) is 35.5 Å². The molecule has 0 unspecified atom stereocenters.